The number of morpholine rings is 1. The average Bonchev–Trinajstić information content (AvgIpc) is 3.06. The van der Waals surface area contributed by atoms with Crippen LogP contribution < -0.4 is 5.32 Å². The Hall–Kier alpha value is -2.18. The number of hydrogen-bond acceptors (Lipinski definition) is 4. The summed E-state index contributed by atoms with van der Waals surface area (Å²) in [5.41, 5.74) is 1.47. The Labute approximate surface area is 136 Å². The zero-order valence-electron chi connectivity index (χ0n) is 13.3. The maximum atomic E-state index is 12.5. The molecule has 0 saturated carbocycles. The van der Waals surface area contributed by atoms with E-state index in [0.29, 0.717) is 5.69 Å². The first-order chi connectivity index (χ1) is 11.2. The van der Waals surface area contributed by atoms with Gasteiger partial charge in [-0.1, -0.05) is 18.2 Å². The van der Waals surface area contributed by atoms with Crippen LogP contribution in [0.2, 0.25) is 0 Å². The van der Waals surface area contributed by atoms with Crippen molar-refractivity contribution in [3.63, 3.8) is 0 Å². The van der Waals surface area contributed by atoms with Crippen molar-refractivity contribution in [1.82, 2.24) is 19.8 Å². The fourth-order valence-electron chi connectivity index (χ4n) is 2.77. The summed E-state index contributed by atoms with van der Waals surface area (Å²) in [6, 6.07) is 9.81. The SMILES string of the molecule is C[C@H](CN1CCOCC1)NC(=O)c1cncn1-c1ccccc1. The van der Waals surface area contributed by atoms with E-state index in [9.17, 15) is 4.79 Å². The lowest BCUT2D eigenvalue weighted by Gasteiger charge is -2.29. The molecule has 3 rings (SSSR count). The van der Waals surface area contributed by atoms with Gasteiger partial charge in [0.2, 0.25) is 0 Å². The third-order valence-corrected chi connectivity index (χ3v) is 3.92. The molecule has 2 aromatic rings. The second-order valence-electron chi connectivity index (χ2n) is 5.77. The molecule has 1 atom stereocenters. The lowest BCUT2D eigenvalue weighted by atomic mass is 10.2. The van der Waals surface area contributed by atoms with Gasteiger partial charge >= 0.3 is 0 Å². The molecule has 1 N–H and O–H groups in total. The van der Waals surface area contributed by atoms with Gasteiger partial charge in [-0.2, -0.15) is 0 Å². The lowest BCUT2D eigenvalue weighted by molar-refractivity contribution is 0.0342. The van der Waals surface area contributed by atoms with E-state index < -0.39 is 0 Å². The van der Waals surface area contributed by atoms with Crippen LogP contribution in [0.3, 0.4) is 0 Å². The lowest BCUT2D eigenvalue weighted by Crippen LogP contribution is -2.46. The molecule has 2 heterocycles. The number of hydrogen-bond donors (Lipinski definition) is 1. The zero-order valence-corrected chi connectivity index (χ0v) is 13.3. The number of nitrogens with one attached hydrogen (secondary N) is 1. The summed E-state index contributed by atoms with van der Waals surface area (Å²) in [5.74, 6) is -0.105. The highest BCUT2D eigenvalue weighted by Crippen LogP contribution is 2.11. The van der Waals surface area contributed by atoms with E-state index >= 15 is 0 Å². The first-order valence-corrected chi connectivity index (χ1v) is 7.93. The second kappa shape index (κ2) is 7.39. The molecule has 1 aliphatic heterocycles. The highest BCUT2D eigenvalue weighted by Gasteiger charge is 2.18. The van der Waals surface area contributed by atoms with Gasteiger partial charge in [0.25, 0.3) is 5.91 Å². The van der Waals surface area contributed by atoms with Gasteiger partial charge in [-0.25, -0.2) is 4.98 Å². The summed E-state index contributed by atoms with van der Waals surface area (Å²) < 4.78 is 7.15. The molecule has 0 aliphatic carbocycles. The van der Waals surface area contributed by atoms with Crippen molar-refractivity contribution >= 4 is 5.91 Å². The van der Waals surface area contributed by atoms with Crippen LogP contribution >= 0.6 is 0 Å². The number of aromatic nitrogens is 2. The van der Waals surface area contributed by atoms with Crippen molar-refractivity contribution in [2.75, 3.05) is 32.8 Å². The van der Waals surface area contributed by atoms with E-state index in [2.05, 4.69) is 15.2 Å². The number of para-hydroxylation sites is 1. The molecule has 1 amide bonds. The molecule has 1 fully saturated rings. The number of benzene rings is 1. The maximum Gasteiger partial charge on any atom is 0.270 e. The normalized spacial score (nSPS) is 16.9. The van der Waals surface area contributed by atoms with Gasteiger partial charge in [-0.15, -0.1) is 0 Å². The molecule has 6 heteroatoms. The maximum absolute atomic E-state index is 12.5. The molecule has 122 valence electrons. The van der Waals surface area contributed by atoms with Crippen LogP contribution in [0.4, 0.5) is 0 Å². The van der Waals surface area contributed by atoms with Gasteiger partial charge in [0.1, 0.15) is 5.69 Å². The van der Waals surface area contributed by atoms with Crippen LogP contribution in [0.5, 0.6) is 0 Å². The molecule has 23 heavy (non-hydrogen) atoms. The largest absolute Gasteiger partial charge is 0.379 e. The molecule has 1 aromatic heterocycles. The summed E-state index contributed by atoms with van der Waals surface area (Å²) in [7, 11) is 0. The predicted octanol–water partition coefficient (Wildman–Crippen LogP) is 1.32. The minimum Gasteiger partial charge on any atom is -0.379 e. The summed E-state index contributed by atoms with van der Waals surface area (Å²) in [5, 5.41) is 3.06. The molecule has 0 bridgehead atoms. The monoisotopic (exact) mass is 314 g/mol. The van der Waals surface area contributed by atoms with E-state index in [-0.39, 0.29) is 11.9 Å². The Morgan fingerprint density at radius 3 is 2.78 bits per heavy atom. The van der Waals surface area contributed by atoms with Gasteiger partial charge < -0.3 is 10.1 Å². The number of carbonyl (C=O) groups excluding carboxylic acids is 1. The molecule has 0 radical (unpaired) electrons. The average molecular weight is 314 g/mol. The summed E-state index contributed by atoms with van der Waals surface area (Å²) in [4.78, 5) is 19.0. The summed E-state index contributed by atoms with van der Waals surface area (Å²) in [6.45, 7) is 6.22. The third kappa shape index (κ3) is 3.97. The molecule has 0 spiro atoms. The highest BCUT2D eigenvalue weighted by molar-refractivity contribution is 5.93. The smallest absolute Gasteiger partial charge is 0.270 e. The van der Waals surface area contributed by atoms with Crippen LogP contribution in [0.25, 0.3) is 5.69 Å². The van der Waals surface area contributed by atoms with Gasteiger partial charge in [-0.05, 0) is 19.1 Å². The van der Waals surface area contributed by atoms with Crippen molar-refractivity contribution < 1.29 is 9.53 Å². The minimum atomic E-state index is -0.105. The van der Waals surface area contributed by atoms with Crippen molar-refractivity contribution in [2.45, 2.75) is 13.0 Å². The third-order valence-electron chi connectivity index (χ3n) is 3.92. The Balaban J connectivity index is 1.63. The summed E-state index contributed by atoms with van der Waals surface area (Å²) in [6.07, 6.45) is 3.26. The van der Waals surface area contributed by atoms with Crippen molar-refractivity contribution in [1.29, 1.82) is 0 Å². The van der Waals surface area contributed by atoms with Crippen molar-refractivity contribution in [2.24, 2.45) is 0 Å². The molecule has 1 aromatic carbocycles. The molecule has 1 saturated heterocycles. The van der Waals surface area contributed by atoms with Crippen LogP contribution in [0.1, 0.15) is 17.4 Å². The molecule has 6 nitrogen and oxygen atoms in total. The minimum absolute atomic E-state index is 0.0692. The topological polar surface area (TPSA) is 59.4 Å². The van der Waals surface area contributed by atoms with Crippen LogP contribution in [0.15, 0.2) is 42.9 Å². The van der Waals surface area contributed by atoms with E-state index in [1.807, 2.05) is 37.3 Å². The van der Waals surface area contributed by atoms with Gasteiger partial charge in [0.05, 0.1) is 25.7 Å². The van der Waals surface area contributed by atoms with Crippen molar-refractivity contribution in [3.8, 4) is 5.69 Å². The Morgan fingerprint density at radius 2 is 2.04 bits per heavy atom. The van der Waals surface area contributed by atoms with E-state index in [1.54, 1.807) is 17.1 Å². The van der Waals surface area contributed by atoms with Crippen LogP contribution in [-0.2, 0) is 4.74 Å². The number of amides is 1. The summed E-state index contributed by atoms with van der Waals surface area (Å²) >= 11 is 0. The fourth-order valence-corrected chi connectivity index (χ4v) is 2.77. The second-order valence-corrected chi connectivity index (χ2v) is 5.77. The number of ether oxygens (including phenoxy) is 1. The van der Waals surface area contributed by atoms with Gasteiger partial charge in [-0.3, -0.25) is 14.3 Å². The van der Waals surface area contributed by atoms with E-state index in [1.165, 1.54) is 0 Å². The predicted molar refractivity (Wildman–Crippen MR) is 87.8 cm³/mol. The Kier molecular flexibility index (Phi) is 5.05. The standard InChI is InChI=1S/C17H22N4O2/c1-14(12-20-7-9-23-10-8-20)19-17(22)16-11-18-13-21(16)15-5-3-2-4-6-15/h2-6,11,13-14H,7-10,12H2,1H3,(H,19,22)/t14-/m1/s1. The molecular weight excluding hydrogens is 292 g/mol. The van der Waals surface area contributed by atoms with Crippen molar-refractivity contribution in [3.05, 3.63) is 48.5 Å². The number of carbonyl (C=O) groups is 1. The number of rotatable bonds is 5. The number of nitrogens with zero attached hydrogens (tertiary/aromatic N) is 3. The van der Waals surface area contributed by atoms with Crippen LogP contribution in [-0.4, -0.2) is 59.2 Å². The first-order valence-electron chi connectivity index (χ1n) is 7.93. The Bertz CT molecular complexity index is 635. The molecular formula is C17H22N4O2. The molecule has 1 aliphatic rings. The highest BCUT2D eigenvalue weighted by atomic mass is 16.5. The fraction of sp³-hybridized carbons (Fsp3) is 0.412. The zero-order chi connectivity index (χ0) is 16.1. The first kappa shape index (κ1) is 15.7. The van der Waals surface area contributed by atoms with Crippen LogP contribution in [0, 0.1) is 0 Å². The van der Waals surface area contributed by atoms with E-state index in [0.717, 1.165) is 38.5 Å². The Morgan fingerprint density at radius 1 is 1.30 bits per heavy atom. The molecule has 0 unspecified atom stereocenters. The van der Waals surface area contributed by atoms with Gasteiger partial charge in [0.15, 0.2) is 0 Å². The van der Waals surface area contributed by atoms with Gasteiger partial charge in [0, 0.05) is 31.4 Å². The number of imidazole rings is 1. The van der Waals surface area contributed by atoms with E-state index in [4.69, 9.17) is 4.74 Å². The quantitative estimate of drug-likeness (QED) is 0.904.